The summed E-state index contributed by atoms with van der Waals surface area (Å²) in [7, 11) is 0. The van der Waals surface area contributed by atoms with Gasteiger partial charge in [-0.3, -0.25) is 0 Å². The van der Waals surface area contributed by atoms with Crippen molar-refractivity contribution in [1.82, 2.24) is 0 Å². The third-order valence-corrected chi connectivity index (χ3v) is 2.39. The zero-order valence-corrected chi connectivity index (χ0v) is 14.5. The average molecular weight is 290 g/mol. The Hall–Kier alpha value is -0.0157. The predicted octanol–water partition coefficient (Wildman–Crippen LogP) is 3.66. The van der Waals surface area contributed by atoms with Crippen LogP contribution < -0.4 is 0 Å². The Balaban J connectivity index is -0.0000000853. The maximum Gasteiger partial charge on any atom is 2.00 e. The summed E-state index contributed by atoms with van der Waals surface area (Å²) >= 11 is 0. The van der Waals surface area contributed by atoms with E-state index in [1.165, 1.54) is 0 Å². The van der Waals surface area contributed by atoms with Gasteiger partial charge >= 0.3 is 21.7 Å². The molecule has 2 nitrogen and oxygen atoms in total. The molecule has 1 aromatic rings. The molecule has 0 fully saturated rings. The Labute approximate surface area is 129 Å². The van der Waals surface area contributed by atoms with Gasteiger partial charge in [0.15, 0.2) is 0 Å². The first kappa shape index (κ1) is 26.5. The Morgan fingerprint density at radius 1 is 1.00 bits per heavy atom. The largest absolute Gasteiger partial charge is 2.00 e. The van der Waals surface area contributed by atoms with Crippen LogP contribution in [0.5, 0.6) is 0 Å². The summed E-state index contributed by atoms with van der Waals surface area (Å²) in [5.74, 6) is 0. The molecule has 1 rings (SSSR count). The number of rotatable bonds is 0. The van der Waals surface area contributed by atoms with Crippen LogP contribution in [0.15, 0.2) is 30.3 Å². The molecule has 0 aliphatic rings. The molecule has 0 heterocycles. The van der Waals surface area contributed by atoms with Gasteiger partial charge in [-0.2, -0.15) is 18.2 Å². The van der Waals surface area contributed by atoms with Crippen molar-refractivity contribution in [1.29, 1.82) is 0 Å². The molecule has 0 atom stereocenters. The van der Waals surface area contributed by atoms with E-state index in [0.29, 0.717) is 0 Å². The van der Waals surface area contributed by atoms with Crippen LogP contribution in [0.4, 0.5) is 0 Å². The number of hydrogen-bond acceptors (Lipinski definition) is 2. The van der Waals surface area contributed by atoms with Gasteiger partial charge in [-0.25, -0.2) is 12.1 Å². The molecule has 0 aromatic heterocycles. The normalized spacial score (nSPS) is 9.56. The molecule has 0 aliphatic heterocycles. The summed E-state index contributed by atoms with van der Waals surface area (Å²) in [4.78, 5) is 0. The van der Waals surface area contributed by atoms with Gasteiger partial charge in [0.1, 0.15) is 0 Å². The fourth-order valence-corrected chi connectivity index (χ4v) is 0.321. The van der Waals surface area contributed by atoms with E-state index in [9.17, 15) is 5.11 Å². The fourth-order valence-electron chi connectivity index (χ4n) is 0.321. The molecule has 106 valence electrons. The molecule has 0 saturated carbocycles. The van der Waals surface area contributed by atoms with Gasteiger partial charge in [0.05, 0.1) is 5.60 Å². The Morgan fingerprint density at radius 3 is 1.28 bits per heavy atom. The van der Waals surface area contributed by atoms with E-state index in [4.69, 9.17) is 5.11 Å². The van der Waals surface area contributed by atoms with Crippen LogP contribution in [0.25, 0.3) is 0 Å². The van der Waals surface area contributed by atoms with Crippen molar-refractivity contribution in [2.24, 2.45) is 5.41 Å². The van der Waals surface area contributed by atoms with E-state index in [2.05, 4.69) is 0 Å². The maximum absolute atomic E-state index is 9.35. The molecule has 3 heteroatoms. The quantitative estimate of drug-likeness (QED) is 0.565. The van der Waals surface area contributed by atoms with E-state index < -0.39 is 5.60 Å². The number of hydrogen-bond donors (Lipinski definition) is 2. The zero-order valence-electron chi connectivity index (χ0n) is 13.0. The summed E-state index contributed by atoms with van der Waals surface area (Å²) in [5.41, 5.74) is -0.569. The minimum atomic E-state index is -0.562. The Kier molecular flexibility index (Phi) is 19.8. The smallest absolute Gasteiger partial charge is 0.397 e. The van der Waals surface area contributed by atoms with E-state index in [-0.39, 0.29) is 41.2 Å². The number of aliphatic hydroxyl groups is 2. The molecular formula is C15H30O2Ti. The van der Waals surface area contributed by atoms with Gasteiger partial charge in [-0.05, 0) is 26.2 Å². The second-order valence-corrected chi connectivity index (χ2v) is 5.09. The van der Waals surface area contributed by atoms with Gasteiger partial charge < -0.3 is 17.6 Å². The summed E-state index contributed by atoms with van der Waals surface area (Å²) in [6.07, 6.45) is 0. The molecule has 0 saturated heterocycles. The second-order valence-electron chi connectivity index (χ2n) is 5.09. The van der Waals surface area contributed by atoms with E-state index in [1.807, 2.05) is 65.0 Å². The summed E-state index contributed by atoms with van der Waals surface area (Å²) in [6.45, 7) is 11.6. The second kappa shape index (κ2) is 13.4. The molecule has 0 spiro atoms. The molecular weight excluding hydrogens is 260 g/mol. The third kappa shape index (κ3) is 18.4. The van der Waals surface area contributed by atoms with Crippen LogP contribution in [0.2, 0.25) is 0 Å². The standard InChI is InChI=1S/C7H16O.C5H5.C2H6O.CH3.Ti/c1-6(2,3)7(4,5)8;1-2-4-5-3-1;1-2-3;;/h8H,1-5H3;1-5H;3H,2H2,1H3;1H3;/q;-1;;-1;+2. The zero-order chi connectivity index (χ0) is 13.2. The minimum absolute atomic E-state index is 0. The van der Waals surface area contributed by atoms with Crippen LogP contribution in [0.1, 0.15) is 41.5 Å². The first-order valence-electron chi connectivity index (χ1n) is 5.66. The molecule has 1 aromatic carbocycles. The fraction of sp³-hybridized carbons (Fsp3) is 0.600. The van der Waals surface area contributed by atoms with Crippen LogP contribution in [0.3, 0.4) is 0 Å². The van der Waals surface area contributed by atoms with E-state index >= 15 is 0 Å². The van der Waals surface area contributed by atoms with Crippen molar-refractivity contribution in [3.8, 4) is 0 Å². The Bertz CT molecular complexity index is 188. The van der Waals surface area contributed by atoms with Gasteiger partial charge in [0.25, 0.3) is 0 Å². The van der Waals surface area contributed by atoms with E-state index in [0.717, 1.165) is 0 Å². The molecule has 18 heavy (non-hydrogen) atoms. The predicted molar refractivity (Wildman–Crippen MR) is 77.0 cm³/mol. The van der Waals surface area contributed by atoms with Crippen LogP contribution >= 0.6 is 0 Å². The molecule has 0 aliphatic carbocycles. The van der Waals surface area contributed by atoms with Crippen molar-refractivity contribution in [2.45, 2.75) is 47.1 Å². The number of aliphatic hydroxyl groups excluding tert-OH is 1. The minimum Gasteiger partial charge on any atom is -0.397 e. The monoisotopic (exact) mass is 290 g/mol. The van der Waals surface area contributed by atoms with E-state index in [1.54, 1.807) is 6.92 Å². The SMILES string of the molecule is CC(C)(C)C(C)(C)O.CCO.[CH3-].[Ti+2].c1cc[cH-]c1. The van der Waals surface area contributed by atoms with Crippen LogP contribution in [-0.2, 0) is 21.7 Å². The topological polar surface area (TPSA) is 40.5 Å². The first-order chi connectivity index (χ1) is 7.16. The molecule has 0 amide bonds. The molecule has 0 bridgehead atoms. The van der Waals surface area contributed by atoms with Crippen LogP contribution in [0, 0.1) is 12.8 Å². The summed E-state index contributed by atoms with van der Waals surface area (Å²) in [5, 5.41) is 16.9. The van der Waals surface area contributed by atoms with Crippen molar-refractivity contribution in [2.75, 3.05) is 6.61 Å². The van der Waals surface area contributed by atoms with Gasteiger partial charge in [0.2, 0.25) is 0 Å². The van der Waals surface area contributed by atoms with Crippen molar-refractivity contribution >= 4 is 0 Å². The molecule has 0 radical (unpaired) electrons. The van der Waals surface area contributed by atoms with Gasteiger partial charge in [0, 0.05) is 6.61 Å². The molecule has 0 unspecified atom stereocenters. The van der Waals surface area contributed by atoms with Gasteiger partial charge in [-0.1, -0.05) is 20.8 Å². The van der Waals surface area contributed by atoms with Crippen molar-refractivity contribution in [3.63, 3.8) is 0 Å². The van der Waals surface area contributed by atoms with Crippen molar-refractivity contribution in [3.05, 3.63) is 37.8 Å². The maximum atomic E-state index is 9.35. The summed E-state index contributed by atoms with van der Waals surface area (Å²) in [6, 6.07) is 10.0. The summed E-state index contributed by atoms with van der Waals surface area (Å²) < 4.78 is 0. The molecule has 2 N–H and O–H groups in total. The van der Waals surface area contributed by atoms with Crippen molar-refractivity contribution < 1.29 is 31.9 Å². The first-order valence-corrected chi connectivity index (χ1v) is 5.66. The average Bonchev–Trinajstić information content (AvgIpc) is 2.57. The third-order valence-electron chi connectivity index (χ3n) is 2.39. The van der Waals surface area contributed by atoms with Crippen LogP contribution in [-0.4, -0.2) is 22.4 Å². The van der Waals surface area contributed by atoms with Gasteiger partial charge in [-0.15, -0.1) is 0 Å². The Morgan fingerprint density at radius 2 is 1.22 bits per heavy atom.